The van der Waals surface area contributed by atoms with Gasteiger partial charge >= 0.3 is 5.97 Å². The first-order valence-corrected chi connectivity index (χ1v) is 8.76. The lowest BCUT2D eigenvalue weighted by molar-refractivity contribution is 0.0697. The molecule has 0 spiro atoms. The number of carboxylic acid groups (broad SMARTS) is 1. The molecule has 142 valence electrons. The molecule has 0 unspecified atom stereocenters. The second kappa shape index (κ2) is 8.21. The van der Waals surface area contributed by atoms with Crippen LogP contribution in [0.5, 0.6) is 11.5 Å². The molecule has 0 fully saturated rings. The van der Waals surface area contributed by atoms with Crippen LogP contribution in [-0.2, 0) is 0 Å². The average Bonchev–Trinajstić information content (AvgIpc) is 2.66. The van der Waals surface area contributed by atoms with E-state index >= 15 is 0 Å². The smallest absolute Gasteiger partial charge is 0.337 e. The highest BCUT2D eigenvalue weighted by atomic mass is 35.5. The minimum atomic E-state index is -1.15. The topological polar surface area (TPSA) is 102 Å². The molecule has 3 rings (SSSR count). The van der Waals surface area contributed by atoms with Gasteiger partial charge in [-0.2, -0.15) is 0 Å². The van der Waals surface area contributed by atoms with Gasteiger partial charge in [0, 0.05) is 28.0 Å². The number of carboxylic acids is 1. The van der Waals surface area contributed by atoms with Crippen LogP contribution < -0.4 is 15.8 Å². The molecule has 0 aromatic heterocycles. The first-order valence-electron chi connectivity index (χ1n) is 8.00. The Labute approximate surface area is 170 Å². The van der Waals surface area contributed by atoms with Crippen molar-refractivity contribution in [3.05, 3.63) is 81.8 Å². The lowest BCUT2D eigenvalue weighted by Crippen LogP contribution is -2.13. The Kier molecular flexibility index (Phi) is 5.73. The number of amides is 1. The fourth-order valence-corrected chi connectivity index (χ4v) is 2.71. The maximum atomic E-state index is 12.3. The Morgan fingerprint density at radius 2 is 1.68 bits per heavy atom. The lowest BCUT2D eigenvalue weighted by atomic mass is 10.1. The fraction of sp³-hybridized carbons (Fsp3) is 0. The van der Waals surface area contributed by atoms with E-state index in [4.69, 9.17) is 38.8 Å². The molecule has 0 saturated heterocycles. The minimum Gasteiger partial charge on any atom is -0.478 e. The zero-order valence-electron chi connectivity index (χ0n) is 14.3. The van der Waals surface area contributed by atoms with Crippen LogP contribution in [0, 0.1) is 0 Å². The van der Waals surface area contributed by atoms with Crippen LogP contribution in [0.15, 0.2) is 60.7 Å². The Morgan fingerprint density at radius 1 is 0.964 bits per heavy atom. The summed E-state index contributed by atoms with van der Waals surface area (Å²) in [4.78, 5) is 23.3. The number of rotatable bonds is 5. The highest BCUT2D eigenvalue weighted by Crippen LogP contribution is 2.32. The van der Waals surface area contributed by atoms with Crippen LogP contribution in [-0.4, -0.2) is 17.0 Å². The Hall–Kier alpha value is -3.22. The van der Waals surface area contributed by atoms with Gasteiger partial charge in [-0.05, 0) is 54.6 Å². The molecule has 0 aliphatic heterocycles. The van der Waals surface area contributed by atoms with Crippen molar-refractivity contribution in [2.75, 3.05) is 11.1 Å². The predicted molar refractivity (Wildman–Crippen MR) is 109 cm³/mol. The highest BCUT2D eigenvalue weighted by Gasteiger charge is 2.12. The van der Waals surface area contributed by atoms with E-state index < -0.39 is 11.9 Å². The molecule has 1 amide bonds. The summed E-state index contributed by atoms with van der Waals surface area (Å²) in [6.45, 7) is 0. The van der Waals surface area contributed by atoms with Crippen molar-refractivity contribution >= 4 is 46.5 Å². The molecule has 0 radical (unpaired) electrons. The summed E-state index contributed by atoms with van der Waals surface area (Å²) < 4.78 is 5.68. The van der Waals surface area contributed by atoms with Gasteiger partial charge in [0.2, 0.25) is 0 Å². The summed E-state index contributed by atoms with van der Waals surface area (Å²) in [5.74, 6) is -0.646. The van der Waals surface area contributed by atoms with Gasteiger partial charge in [0.25, 0.3) is 5.91 Å². The standard InChI is InChI=1S/C20H14Cl2N2O4/c21-12-2-8-16(22)18(10-12)28-14-5-3-13(4-6-14)24-19(25)11-1-7-15(20(26)27)17(23)9-11/h1-10H,23H2,(H,24,25)(H,26,27). The van der Waals surface area contributed by atoms with Crippen LogP contribution in [0.2, 0.25) is 10.0 Å². The molecule has 6 nitrogen and oxygen atoms in total. The quantitative estimate of drug-likeness (QED) is 0.488. The van der Waals surface area contributed by atoms with Gasteiger partial charge < -0.3 is 20.9 Å². The molecule has 4 N–H and O–H groups in total. The third-order valence-electron chi connectivity index (χ3n) is 3.78. The van der Waals surface area contributed by atoms with Crippen molar-refractivity contribution in [3.8, 4) is 11.5 Å². The predicted octanol–water partition coefficient (Wildman–Crippen LogP) is 5.32. The Balaban J connectivity index is 1.70. The number of anilines is 2. The maximum absolute atomic E-state index is 12.3. The number of halogens is 2. The van der Waals surface area contributed by atoms with Gasteiger partial charge in [-0.3, -0.25) is 4.79 Å². The van der Waals surface area contributed by atoms with E-state index in [9.17, 15) is 9.59 Å². The summed E-state index contributed by atoms with van der Waals surface area (Å²) in [6, 6.07) is 15.5. The molecule has 8 heteroatoms. The number of carbonyl (C=O) groups is 2. The van der Waals surface area contributed by atoms with Crippen molar-refractivity contribution in [2.45, 2.75) is 0 Å². The summed E-state index contributed by atoms with van der Waals surface area (Å²) in [6.07, 6.45) is 0. The third-order valence-corrected chi connectivity index (χ3v) is 4.32. The van der Waals surface area contributed by atoms with Crippen LogP contribution in [0.4, 0.5) is 11.4 Å². The molecule has 0 aliphatic rings. The summed E-state index contributed by atoms with van der Waals surface area (Å²) >= 11 is 12.0. The summed E-state index contributed by atoms with van der Waals surface area (Å²) in [5.41, 5.74) is 6.40. The van der Waals surface area contributed by atoms with Crippen molar-refractivity contribution in [2.24, 2.45) is 0 Å². The van der Waals surface area contributed by atoms with Gasteiger partial charge in [0.1, 0.15) is 11.5 Å². The van der Waals surface area contributed by atoms with E-state index in [1.807, 2.05) is 0 Å². The molecular weight excluding hydrogens is 403 g/mol. The maximum Gasteiger partial charge on any atom is 0.337 e. The van der Waals surface area contributed by atoms with Gasteiger partial charge in [-0.1, -0.05) is 23.2 Å². The first kappa shape index (κ1) is 19.5. The number of hydrogen-bond acceptors (Lipinski definition) is 4. The molecule has 3 aromatic carbocycles. The van der Waals surface area contributed by atoms with Crippen LogP contribution in [0.3, 0.4) is 0 Å². The number of benzene rings is 3. The summed E-state index contributed by atoms with van der Waals surface area (Å²) in [5, 5.41) is 12.6. The number of nitrogen functional groups attached to an aromatic ring is 1. The van der Waals surface area contributed by atoms with E-state index in [0.717, 1.165) is 0 Å². The van der Waals surface area contributed by atoms with E-state index in [1.165, 1.54) is 18.2 Å². The molecule has 0 bridgehead atoms. The van der Waals surface area contributed by atoms with E-state index in [0.29, 0.717) is 27.2 Å². The lowest BCUT2D eigenvalue weighted by Gasteiger charge is -2.10. The van der Waals surface area contributed by atoms with Crippen molar-refractivity contribution < 1.29 is 19.4 Å². The number of ether oxygens (including phenoxy) is 1. The Bertz CT molecular complexity index is 1050. The number of aromatic carboxylic acids is 1. The zero-order chi connectivity index (χ0) is 20.3. The second-order valence-electron chi connectivity index (χ2n) is 5.76. The number of carbonyl (C=O) groups excluding carboxylic acids is 1. The van der Waals surface area contributed by atoms with Crippen molar-refractivity contribution in [1.29, 1.82) is 0 Å². The minimum absolute atomic E-state index is 0.0160. The molecule has 0 atom stereocenters. The monoisotopic (exact) mass is 416 g/mol. The zero-order valence-corrected chi connectivity index (χ0v) is 15.8. The summed E-state index contributed by atoms with van der Waals surface area (Å²) in [7, 11) is 0. The Morgan fingerprint density at radius 3 is 2.32 bits per heavy atom. The molecule has 3 aromatic rings. The largest absolute Gasteiger partial charge is 0.478 e. The van der Waals surface area contributed by atoms with Crippen LogP contribution >= 0.6 is 23.2 Å². The van der Waals surface area contributed by atoms with Gasteiger partial charge in [-0.25, -0.2) is 4.79 Å². The molecule has 0 saturated carbocycles. The SMILES string of the molecule is Nc1cc(C(=O)Nc2ccc(Oc3cc(Cl)ccc3Cl)cc2)ccc1C(=O)O. The van der Waals surface area contributed by atoms with Gasteiger partial charge in [0.15, 0.2) is 0 Å². The van der Waals surface area contributed by atoms with E-state index in [1.54, 1.807) is 42.5 Å². The molecular formula is C20H14Cl2N2O4. The van der Waals surface area contributed by atoms with Crippen molar-refractivity contribution in [3.63, 3.8) is 0 Å². The third kappa shape index (κ3) is 4.54. The number of hydrogen-bond donors (Lipinski definition) is 3. The number of nitrogens with one attached hydrogen (secondary N) is 1. The van der Waals surface area contributed by atoms with Gasteiger partial charge in [0.05, 0.1) is 10.6 Å². The highest BCUT2D eigenvalue weighted by molar-refractivity contribution is 6.34. The average molecular weight is 417 g/mol. The van der Waals surface area contributed by atoms with Gasteiger partial charge in [-0.15, -0.1) is 0 Å². The fourth-order valence-electron chi connectivity index (χ4n) is 2.39. The van der Waals surface area contributed by atoms with Crippen LogP contribution in [0.25, 0.3) is 0 Å². The van der Waals surface area contributed by atoms with E-state index in [2.05, 4.69) is 5.32 Å². The van der Waals surface area contributed by atoms with Crippen molar-refractivity contribution in [1.82, 2.24) is 0 Å². The van der Waals surface area contributed by atoms with Crippen LogP contribution in [0.1, 0.15) is 20.7 Å². The normalized spacial score (nSPS) is 10.4. The first-order chi connectivity index (χ1) is 13.3. The molecule has 0 heterocycles. The second-order valence-corrected chi connectivity index (χ2v) is 6.61. The molecule has 0 aliphatic carbocycles. The number of nitrogens with two attached hydrogens (primary N) is 1. The molecule has 28 heavy (non-hydrogen) atoms. The van der Waals surface area contributed by atoms with E-state index in [-0.39, 0.29) is 16.8 Å².